The second-order valence-corrected chi connectivity index (χ2v) is 8.78. The summed E-state index contributed by atoms with van der Waals surface area (Å²) >= 11 is 0. The molecule has 8 nitrogen and oxygen atoms in total. The molecule has 0 bridgehead atoms. The molecule has 0 N–H and O–H groups in total. The Bertz CT molecular complexity index is 1440. The molecule has 0 aliphatic carbocycles. The summed E-state index contributed by atoms with van der Waals surface area (Å²) < 4.78 is 18.9. The van der Waals surface area contributed by atoms with Crippen LogP contribution in [0.2, 0.25) is 0 Å². The maximum Gasteiger partial charge on any atom is 0.269 e. The van der Waals surface area contributed by atoms with Gasteiger partial charge in [0.05, 0.1) is 22.8 Å². The smallest absolute Gasteiger partial charge is 0.269 e. The third kappa shape index (κ3) is 6.37. The first-order valence-corrected chi connectivity index (χ1v) is 12.7. The first kappa shape index (κ1) is 25.8. The van der Waals surface area contributed by atoms with Crippen molar-refractivity contribution in [3.8, 4) is 23.0 Å². The lowest BCUT2D eigenvalue weighted by molar-refractivity contribution is -0.384. The highest BCUT2D eigenvalue weighted by molar-refractivity contribution is 5.76. The van der Waals surface area contributed by atoms with E-state index in [0.717, 1.165) is 16.8 Å². The van der Waals surface area contributed by atoms with Crippen LogP contribution < -0.4 is 14.2 Å². The molecule has 0 saturated heterocycles. The fraction of sp³-hybridized carbons (Fsp3) is 0.161. The van der Waals surface area contributed by atoms with Gasteiger partial charge in [0.25, 0.3) is 5.69 Å². The Morgan fingerprint density at radius 1 is 0.821 bits per heavy atom. The molecule has 1 aliphatic rings. The normalized spacial score (nSPS) is 12.6. The van der Waals surface area contributed by atoms with Gasteiger partial charge in [0.1, 0.15) is 36.2 Å². The molecular weight excluding hydrogens is 496 g/mol. The van der Waals surface area contributed by atoms with Gasteiger partial charge in [0.2, 0.25) is 0 Å². The van der Waals surface area contributed by atoms with Crippen LogP contribution in [0.1, 0.15) is 23.6 Å². The van der Waals surface area contributed by atoms with Crippen molar-refractivity contribution in [3.63, 3.8) is 0 Å². The Balaban J connectivity index is 1.55. The maximum atomic E-state index is 11.1. The Kier molecular flexibility index (Phi) is 8.04. The number of nitro groups is 1. The first-order valence-electron chi connectivity index (χ1n) is 12.7. The molecule has 0 amide bonds. The van der Waals surface area contributed by atoms with Gasteiger partial charge in [0, 0.05) is 30.8 Å². The topological polar surface area (TPSA) is 83.3 Å². The Labute approximate surface area is 226 Å². The largest absolute Gasteiger partial charge is 0.489 e. The molecule has 198 valence electrons. The van der Waals surface area contributed by atoms with Gasteiger partial charge in [-0.15, -0.1) is 0 Å². The summed E-state index contributed by atoms with van der Waals surface area (Å²) in [7, 11) is 0. The van der Waals surface area contributed by atoms with Crippen LogP contribution >= 0.6 is 0 Å². The average Bonchev–Trinajstić information content (AvgIpc) is 3.45. The first-order chi connectivity index (χ1) is 19.1. The van der Waals surface area contributed by atoms with Gasteiger partial charge < -0.3 is 14.2 Å². The van der Waals surface area contributed by atoms with Gasteiger partial charge in [0.15, 0.2) is 0 Å². The molecule has 0 fully saturated rings. The lowest BCUT2D eigenvalue weighted by atomic mass is 10.1. The van der Waals surface area contributed by atoms with Gasteiger partial charge in [-0.1, -0.05) is 60.7 Å². The Hall–Kier alpha value is -4.82. The highest BCUT2D eigenvalue weighted by atomic mass is 16.7. The summed E-state index contributed by atoms with van der Waals surface area (Å²) in [6, 6.07) is 29.4. The molecular formula is C31H28N2O6. The molecule has 0 unspecified atom stereocenters. The van der Waals surface area contributed by atoms with E-state index in [1.807, 2.05) is 85.8 Å². The van der Waals surface area contributed by atoms with Crippen molar-refractivity contribution in [2.45, 2.75) is 20.1 Å². The maximum absolute atomic E-state index is 11.1. The summed E-state index contributed by atoms with van der Waals surface area (Å²) in [6.07, 6.45) is 1.97. The molecule has 5 rings (SSSR count). The summed E-state index contributed by atoms with van der Waals surface area (Å²) in [6.45, 7) is 3.74. The van der Waals surface area contributed by atoms with E-state index in [2.05, 4.69) is 0 Å². The van der Waals surface area contributed by atoms with E-state index in [-0.39, 0.29) is 5.69 Å². The van der Waals surface area contributed by atoms with Crippen LogP contribution in [0, 0.1) is 10.1 Å². The van der Waals surface area contributed by atoms with Gasteiger partial charge >= 0.3 is 0 Å². The minimum absolute atomic E-state index is 0.0153. The number of non-ortho nitro benzene ring substituents is 1. The molecule has 0 aromatic heterocycles. The van der Waals surface area contributed by atoms with Gasteiger partial charge in [-0.25, -0.2) is 0 Å². The summed E-state index contributed by atoms with van der Waals surface area (Å²) in [5.74, 6) is 2.05. The number of rotatable bonds is 11. The summed E-state index contributed by atoms with van der Waals surface area (Å²) in [5.41, 5.74) is 3.54. The lowest BCUT2D eigenvalue weighted by Crippen LogP contribution is -2.18. The molecule has 0 radical (unpaired) electrons. The number of hydrogen-bond acceptors (Lipinski definition) is 7. The van der Waals surface area contributed by atoms with Crippen LogP contribution in [-0.4, -0.2) is 23.1 Å². The van der Waals surface area contributed by atoms with Crippen LogP contribution in [0.15, 0.2) is 103 Å². The van der Waals surface area contributed by atoms with Crippen molar-refractivity contribution in [2.75, 3.05) is 13.2 Å². The fourth-order valence-electron chi connectivity index (χ4n) is 4.20. The van der Waals surface area contributed by atoms with Crippen LogP contribution in [0.25, 0.3) is 5.70 Å². The Morgan fingerprint density at radius 2 is 1.44 bits per heavy atom. The predicted octanol–water partition coefficient (Wildman–Crippen LogP) is 7.15. The molecule has 39 heavy (non-hydrogen) atoms. The summed E-state index contributed by atoms with van der Waals surface area (Å²) in [4.78, 5) is 16.5. The second-order valence-electron chi connectivity index (χ2n) is 8.78. The van der Waals surface area contributed by atoms with Gasteiger partial charge in [-0.3, -0.25) is 20.0 Å². The zero-order valence-electron chi connectivity index (χ0n) is 21.5. The number of hydroxylamine groups is 2. The number of hydrogen-bond donors (Lipinski definition) is 0. The zero-order valence-corrected chi connectivity index (χ0v) is 21.5. The van der Waals surface area contributed by atoms with E-state index in [0.29, 0.717) is 54.9 Å². The standard InChI is InChI=1S/C31H28N2O6/c1-2-32-28(17-18-38-32)31-29(37-22-24-11-7-4-8-12-24)19-27(36-21-23-9-5-3-6-10-23)20-30(31)39-26-15-13-25(14-16-26)33(34)35/h3-17,19-20H,2,18,21-22H2,1H3. The monoisotopic (exact) mass is 524 g/mol. The quantitative estimate of drug-likeness (QED) is 0.152. The number of nitrogens with zero attached hydrogens (tertiary/aromatic N) is 2. The number of nitro benzene ring substituents is 1. The molecule has 0 spiro atoms. The second kappa shape index (κ2) is 12.1. The van der Waals surface area contributed by atoms with E-state index in [1.54, 1.807) is 17.2 Å². The third-order valence-electron chi connectivity index (χ3n) is 6.12. The van der Waals surface area contributed by atoms with Gasteiger partial charge in [-0.2, -0.15) is 0 Å². The molecule has 0 atom stereocenters. The SMILES string of the molecule is CCN1OCC=C1c1c(OCc2ccccc2)cc(OCc2ccccc2)cc1Oc1ccc([N+](=O)[O-])cc1. The number of ether oxygens (including phenoxy) is 3. The average molecular weight is 525 g/mol. The lowest BCUT2D eigenvalue weighted by Gasteiger charge is -2.24. The van der Waals surface area contributed by atoms with E-state index in [1.165, 1.54) is 12.1 Å². The molecule has 1 aliphatic heterocycles. The highest BCUT2D eigenvalue weighted by Crippen LogP contribution is 2.44. The van der Waals surface area contributed by atoms with Crippen molar-refractivity contribution >= 4 is 11.4 Å². The zero-order chi connectivity index (χ0) is 27.0. The van der Waals surface area contributed by atoms with E-state index in [9.17, 15) is 10.1 Å². The van der Waals surface area contributed by atoms with Crippen LogP contribution in [-0.2, 0) is 18.1 Å². The molecule has 0 saturated carbocycles. The highest BCUT2D eigenvalue weighted by Gasteiger charge is 2.26. The van der Waals surface area contributed by atoms with Gasteiger partial charge in [-0.05, 0) is 36.3 Å². The van der Waals surface area contributed by atoms with Crippen molar-refractivity contribution in [1.29, 1.82) is 0 Å². The molecule has 4 aromatic carbocycles. The molecule has 4 aromatic rings. The van der Waals surface area contributed by atoms with Crippen molar-refractivity contribution in [3.05, 3.63) is 130 Å². The minimum Gasteiger partial charge on any atom is -0.489 e. The number of benzene rings is 4. The van der Waals surface area contributed by atoms with Crippen LogP contribution in [0.5, 0.6) is 23.0 Å². The molecule has 1 heterocycles. The van der Waals surface area contributed by atoms with E-state index < -0.39 is 4.92 Å². The minimum atomic E-state index is -0.442. The van der Waals surface area contributed by atoms with E-state index in [4.69, 9.17) is 19.0 Å². The van der Waals surface area contributed by atoms with Crippen molar-refractivity contribution < 1.29 is 24.0 Å². The van der Waals surface area contributed by atoms with Crippen LogP contribution in [0.3, 0.4) is 0 Å². The third-order valence-corrected chi connectivity index (χ3v) is 6.12. The van der Waals surface area contributed by atoms with Crippen LogP contribution in [0.4, 0.5) is 5.69 Å². The fourth-order valence-corrected chi connectivity index (χ4v) is 4.20. The van der Waals surface area contributed by atoms with Crippen molar-refractivity contribution in [2.24, 2.45) is 0 Å². The van der Waals surface area contributed by atoms with Crippen molar-refractivity contribution in [1.82, 2.24) is 5.06 Å². The summed E-state index contributed by atoms with van der Waals surface area (Å²) in [5, 5.41) is 12.9. The molecule has 8 heteroatoms. The predicted molar refractivity (Wildman–Crippen MR) is 147 cm³/mol. The van der Waals surface area contributed by atoms with E-state index >= 15 is 0 Å². The Morgan fingerprint density at radius 3 is 2.05 bits per heavy atom.